The van der Waals surface area contributed by atoms with Crippen LogP contribution in [0, 0.1) is 19.8 Å². The Morgan fingerprint density at radius 3 is 2.55 bits per heavy atom. The molecule has 0 unspecified atom stereocenters. The van der Waals surface area contributed by atoms with Gasteiger partial charge >= 0.3 is 0 Å². The maximum Gasteiger partial charge on any atom is 0.267 e. The van der Waals surface area contributed by atoms with Crippen molar-refractivity contribution in [3.05, 3.63) is 52.7 Å². The lowest BCUT2D eigenvalue weighted by atomic mass is 10.0. The number of anilines is 1. The van der Waals surface area contributed by atoms with Gasteiger partial charge in [-0.2, -0.15) is 4.31 Å². The molecule has 1 aliphatic rings. The Balaban J connectivity index is 1.69. The zero-order chi connectivity index (χ0) is 34.5. The molecule has 0 bridgehead atoms. The van der Waals surface area contributed by atoms with Crippen LogP contribution in [-0.4, -0.2) is 93.8 Å². The number of rotatable bonds is 9. The van der Waals surface area contributed by atoms with Crippen molar-refractivity contribution in [3.8, 4) is 5.75 Å². The summed E-state index contributed by atoms with van der Waals surface area (Å²) in [5, 5.41) is 15.6. The minimum absolute atomic E-state index is 0.0562. The van der Waals surface area contributed by atoms with E-state index in [1.54, 1.807) is 30.5 Å². The Labute approximate surface area is 280 Å². The Morgan fingerprint density at radius 1 is 1.17 bits per heavy atom. The Kier molecular flexibility index (Phi) is 12.1. The molecular weight excluding hydrogens is 669 g/mol. The first kappa shape index (κ1) is 36.8. The van der Waals surface area contributed by atoms with Crippen LogP contribution in [0.1, 0.15) is 61.8 Å². The van der Waals surface area contributed by atoms with E-state index in [0.717, 1.165) is 17.8 Å². The molecule has 260 valence electrons. The van der Waals surface area contributed by atoms with Gasteiger partial charge in [0.05, 0.1) is 30.4 Å². The topological polar surface area (TPSA) is 169 Å². The minimum atomic E-state index is -4.11. The fourth-order valence-electron chi connectivity index (χ4n) is 5.43. The largest absolute Gasteiger partial charge is 0.490 e. The average Bonchev–Trinajstić information content (AvgIpc) is 3.69. The van der Waals surface area contributed by atoms with Gasteiger partial charge < -0.3 is 24.0 Å². The second kappa shape index (κ2) is 15.5. The summed E-state index contributed by atoms with van der Waals surface area (Å²) in [6.45, 7) is 8.70. The number of aromatic nitrogens is 1. The predicted octanol–water partition coefficient (Wildman–Crippen LogP) is 4.27. The summed E-state index contributed by atoms with van der Waals surface area (Å²) in [6, 6.07) is 7.10. The number of carbonyl (C=O) groups is 1. The summed E-state index contributed by atoms with van der Waals surface area (Å²) in [5.74, 6) is -0.447. The average molecular weight is 713 g/mol. The van der Waals surface area contributed by atoms with Gasteiger partial charge in [0, 0.05) is 38.3 Å². The number of aliphatic hydroxyl groups excluding tert-OH is 1. The van der Waals surface area contributed by atoms with Crippen LogP contribution in [0.3, 0.4) is 0 Å². The van der Waals surface area contributed by atoms with Crippen LogP contribution in [0.15, 0.2) is 49.3 Å². The number of nitrogens with one attached hydrogen (secondary N) is 1. The molecule has 4 rings (SSSR count). The van der Waals surface area contributed by atoms with Crippen molar-refractivity contribution in [1.82, 2.24) is 14.4 Å². The van der Waals surface area contributed by atoms with Crippen LogP contribution in [0.4, 0.5) is 5.69 Å². The van der Waals surface area contributed by atoms with Gasteiger partial charge in [-0.3, -0.25) is 9.52 Å². The van der Waals surface area contributed by atoms with Crippen LogP contribution >= 0.6 is 11.3 Å². The summed E-state index contributed by atoms with van der Waals surface area (Å²) < 4.78 is 74.6. The zero-order valence-electron chi connectivity index (χ0n) is 27.5. The Hall–Kier alpha value is -3.02. The monoisotopic (exact) mass is 712 g/mol. The van der Waals surface area contributed by atoms with Crippen LogP contribution in [0.25, 0.3) is 0 Å². The molecule has 4 atom stereocenters. The third-order valence-corrected chi connectivity index (χ3v) is 13.0. The number of sulfonamides is 2. The molecule has 2 aromatic heterocycles. The Morgan fingerprint density at radius 2 is 1.91 bits per heavy atom. The summed E-state index contributed by atoms with van der Waals surface area (Å²) >= 11 is 1.14. The van der Waals surface area contributed by atoms with Gasteiger partial charge in [0.25, 0.3) is 26.0 Å². The molecule has 1 aromatic carbocycles. The van der Waals surface area contributed by atoms with Crippen LogP contribution in [-0.2, 0) is 24.8 Å². The summed E-state index contributed by atoms with van der Waals surface area (Å²) in [7, 11) is -6.34. The van der Waals surface area contributed by atoms with Crippen molar-refractivity contribution in [2.45, 2.75) is 81.2 Å². The second-order valence-electron chi connectivity index (χ2n) is 12.0. The molecule has 3 heterocycles. The number of hydrogen-bond acceptors (Lipinski definition) is 11. The maximum absolute atomic E-state index is 14.3. The number of benzene rings is 1. The van der Waals surface area contributed by atoms with E-state index in [2.05, 4.69) is 9.88 Å². The van der Waals surface area contributed by atoms with Gasteiger partial charge in [-0.05, 0) is 76.6 Å². The number of thiophene rings is 1. The van der Waals surface area contributed by atoms with Crippen molar-refractivity contribution in [2.24, 2.45) is 5.92 Å². The summed E-state index contributed by atoms with van der Waals surface area (Å²) in [6.07, 6.45) is 1.28. The van der Waals surface area contributed by atoms with E-state index in [0.29, 0.717) is 19.4 Å². The smallest absolute Gasteiger partial charge is 0.267 e. The number of aryl methyl sites for hydroxylation is 2. The number of fused-ring (bicyclic) bond motifs is 1. The van der Waals surface area contributed by atoms with Crippen molar-refractivity contribution in [3.63, 3.8) is 0 Å². The predicted molar refractivity (Wildman–Crippen MR) is 178 cm³/mol. The van der Waals surface area contributed by atoms with Crippen molar-refractivity contribution < 1.29 is 40.7 Å². The van der Waals surface area contributed by atoms with E-state index < -0.39 is 38.1 Å². The van der Waals surface area contributed by atoms with Crippen molar-refractivity contribution in [1.29, 1.82) is 0 Å². The number of likely N-dealkylation sites (N-methyl/N-ethyl adjacent to an activating group) is 1. The van der Waals surface area contributed by atoms with E-state index in [1.807, 2.05) is 13.8 Å². The molecule has 1 aliphatic heterocycles. The highest BCUT2D eigenvalue weighted by atomic mass is 32.2. The molecule has 0 saturated heterocycles. The fraction of sp³-hybridized carbons (Fsp3) is 0.548. The number of aliphatic hydroxyl groups is 1. The van der Waals surface area contributed by atoms with E-state index in [1.165, 1.54) is 42.2 Å². The molecule has 0 saturated carbocycles. The highest BCUT2D eigenvalue weighted by Crippen LogP contribution is 2.31. The van der Waals surface area contributed by atoms with E-state index in [4.69, 9.17) is 14.0 Å². The van der Waals surface area contributed by atoms with Gasteiger partial charge in [0.15, 0.2) is 10.7 Å². The van der Waals surface area contributed by atoms with E-state index in [-0.39, 0.29) is 69.3 Å². The highest BCUT2D eigenvalue weighted by Gasteiger charge is 2.33. The molecule has 1 amide bonds. The number of amides is 1. The lowest BCUT2D eigenvalue weighted by molar-refractivity contribution is -0.00832. The quantitative estimate of drug-likeness (QED) is 0.327. The molecule has 0 fully saturated rings. The molecule has 2 N–H and O–H groups in total. The third kappa shape index (κ3) is 8.72. The van der Waals surface area contributed by atoms with Crippen LogP contribution in [0.5, 0.6) is 5.75 Å². The molecule has 0 aliphatic carbocycles. The van der Waals surface area contributed by atoms with Crippen LogP contribution < -0.4 is 9.46 Å². The summed E-state index contributed by atoms with van der Waals surface area (Å²) in [5.41, 5.74) is 0.431. The molecule has 0 spiro atoms. The van der Waals surface area contributed by atoms with Crippen molar-refractivity contribution in [2.75, 3.05) is 38.1 Å². The summed E-state index contributed by atoms with van der Waals surface area (Å²) in [4.78, 5) is 15.7. The normalized spacial score (nSPS) is 21.1. The second-order valence-corrected chi connectivity index (χ2v) is 16.8. The zero-order valence-corrected chi connectivity index (χ0v) is 30.0. The third-order valence-electron chi connectivity index (χ3n) is 8.14. The first-order valence-electron chi connectivity index (χ1n) is 15.4. The van der Waals surface area contributed by atoms with Gasteiger partial charge in [0.2, 0.25) is 0 Å². The first-order chi connectivity index (χ1) is 22.1. The van der Waals surface area contributed by atoms with Gasteiger partial charge in [-0.1, -0.05) is 18.1 Å². The van der Waals surface area contributed by atoms with Crippen molar-refractivity contribution >= 4 is 43.0 Å². The van der Waals surface area contributed by atoms with E-state index >= 15 is 0 Å². The van der Waals surface area contributed by atoms with Gasteiger partial charge in [-0.15, -0.1) is 11.3 Å². The van der Waals surface area contributed by atoms with Gasteiger partial charge in [-0.25, -0.2) is 16.8 Å². The highest BCUT2D eigenvalue weighted by molar-refractivity contribution is 7.92. The first-order valence-corrected chi connectivity index (χ1v) is 19.3. The van der Waals surface area contributed by atoms with Crippen LogP contribution in [0.2, 0.25) is 0 Å². The fourth-order valence-corrected chi connectivity index (χ4v) is 9.19. The number of ether oxygens (including phenoxy) is 2. The number of carbonyl (C=O) groups excluding carboxylic acids is 1. The number of hydrogen-bond donors (Lipinski definition) is 2. The minimum Gasteiger partial charge on any atom is -0.490 e. The molecule has 13 nitrogen and oxygen atoms in total. The standard InChI is InChI=1S/C31H44N4O9S3/c1-20-17-35(21(2)19-36)31(37)26-16-25(33-46(38,39)30-23(4)32-44-24(30)5)12-13-27(26)43-22(3)10-7-8-14-42-28(20)18-34(6)47(40,41)29-11-9-15-45-29/h9,11-13,15-16,20-22,28,33,36H,7-8,10,14,17-19H2,1-6H3/t20-,21+,22+,28+/m0/s1. The SMILES string of the molecule is Cc1noc(C)c1S(=O)(=O)Nc1ccc2c(c1)C(=O)N([C@H](C)CO)C[C@H](C)[C@@H](CN(C)S(=O)(=O)c1cccs1)OCCCC[C@@H](C)O2. The lowest BCUT2D eigenvalue weighted by Crippen LogP contribution is -2.48. The molecule has 47 heavy (non-hydrogen) atoms. The van der Waals surface area contributed by atoms with E-state index in [9.17, 15) is 26.7 Å². The molecule has 3 aromatic rings. The molecule has 0 radical (unpaired) electrons. The maximum atomic E-state index is 14.3. The lowest BCUT2D eigenvalue weighted by Gasteiger charge is -2.35. The van der Waals surface area contributed by atoms with Gasteiger partial charge in [0.1, 0.15) is 15.7 Å². The molecular formula is C31H44N4O9S3. The molecule has 16 heteroatoms. The Bertz CT molecular complexity index is 1710. The number of nitrogens with zero attached hydrogens (tertiary/aromatic N) is 3.